The molecule has 10 aromatic rings. The standard InChI is InChI=1S/C43H24N4Se/c1-2-11-26(12-3-1)41-44-42(33-20-9-19-32-29-16-6-7-22-36(29)48-40(32)33)46-43(45-41)47-34-21-10-18-31-28-15-5-4-14-27(28)30-17-8-13-25-23-24-35(47)39(37(25)30)38(31)34/h1-24H. The molecule has 11 rings (SSSR count). The van der Waals surface area contributed by atoms with Gasteiger partial charge in [0.1, 0.15) is 0 Å². The maximum absolute atomic E-state index is 5.36. The third-order valence-corrected chi connectivity index (χ3v) is 12.4. The van der Waals surface area contributed by atoms with E-state index in [-0.39, 0.29) is 14.5 Å². The molecule has 0 spiro atoms. The zero-order valence-corrected chi connectivity index (χ0v) is 27.3. The molecule has 3 heterocycles. The number of aromatic nitrogens is 4. The van der Waals surface area contributed by atoms with E-state index in [1.165, 1.54) is 63.1 Å². The molecule has 4 nitrogen and oxygen atoms in total. The minimum atomic E-state index is 0.156. The number of hydrogen-bond donors (Lipinski definition) is 0. The normalized spacial score (nSPS) is 12.2. The van der Waals surface area contributed by atoms with Crippen LogP contribution in [0.2, 0.25) is 0 Å². The van der Waals surface area contributed by atoms with Crippen molar-refractivity contribution >= 4 is 66.4 Å². The van der Waals surface area contributed by atoms with Crippen molar-refractivity contribution in [3.8, 4) is 51.0 Å². The molecule has 0 N–H and O–H groups in total. The molecule has 5 heteroatoms. The average molecular weight is 676 g/mol. The maximum atomic E-state index is 5.36. The molecule has 222 valence electrons. The van der Waals surface area contributed by atoms with Crippen LogP contribution in [0.5, 0.6) is 0 Å². The molecule has 0 aliphatic heterocycles. The van der Waals surface area contributed by atoms with Crippen molar-refractivity contribution in [1.29, 1.82) is 0 Å². The van der Waals surface area contributed by atoms with Crippen molar-refractivity contribution in [3.63, 3.8) is 0 Å². The van der Waals surface area contributed by atoms with E-state index in [9.17, 15) is 0 Å². The van der Waals surface area contributed by atoms with Gasteiger partial charge < -0.3 is 0 Å². The topological polar surface area (TPSA) is 43.6 Å². The Morgan fingerprint density at radius 2 is 1.06 bits per heavy atom. The van der Waals surface area contributed by atoms with Gasteiger partial charge in [-0.3, -0.25) is 0 Å². The Balaban J connectivity index is 1.28. The first kappa shape index (κ1) is 26.2. The molecular formula is C43H24N4Se. The van der Waals surface area contributed by atoms with E-state index in [1.54, 1.807) is 0 Å². The fourth-order valence-electron chi connectivity index (χ4n) is 7.77. The van der Waals surface area contributed by atoms with Gasteiger partial charge >= 0.3 is 276 Å². The van der Waals surface area contributed by atoms with Crippen LogP contribution in [0.15, 0.2) is 146 Å². The molecule has 0 saturated heterocycles. The molecule has 0 fully saturated rings. The van der Waals surface area contributed by atoms with Gasteiger partial charge in [0.15, 0.2) is 0 Å². The van der Waals surface area contributed by atoms with Crippen molar-refractivity contribution in [2.45, 2.75) is 0 Å². The van der Waals surface area contributed by atoms with Crippen molar-refractivity contribution in [2.75, 3.05) is 0 Å². The van der Waals surface area contributed by atoms with Crippen LogP contribution in [0.3, 0.4) is 0 Å². The van der Waals surface area contributed by atoms with Gasteiger partial charge in [0, 0.05) is 0 Å². The first-order valence-electron chi connectivity index (χ1n) is 16.1. The number of rotatable bonds is 3. The SMILES string of the molecule is c1ccc(-c2nc(-c3cccc4c3[se]c3ccccc34)nc(-n3c4cccc5c4c4c6c(cccc6ccc43)-c3ccccc3-5)n2)cc1. The Bertz CT molecular complexity index is 2950. The van der Waals surface area contributed by atoms with E-state index in [0.717, 1.165) is 22.2 Å². The predicted molar refractivity (Wildman–Crippen MR) is 199 cm³/mol. The predicted octanol–water partition coefficient (Wildman–Crippen LogP) is 10.5. The first-order chi connectivity index (χ1) is 23.8. The molecule has 0 saturated carbocycles. The summed E-state index contributed by atoms with van der Waals surface area (Å²) < 4.78 is 4.99. The Hall–Kier alpha value is -5.87. The van der Waals surface area contributed by atoms with Crippen molar-refractivity contribution < 1.29 is 0 Å². The Morgan fingerprint density at radius 1 is 0.417 bits per heavy atom. The van der Waals surface area contributed by atoms with Gasteiger partial charge in [0.2, 0.25) is 0 Å². The fourth-order valence-corrected chi connectivity index (χ4v) is 10.3. The summed E-state index contributed by atoms with van der Waals surface area (Å²) in [6, 6.07) is 52.2. The van der Waals surface area contributed by atoms with Crippen LogP contribution < -0.4 is 0 Å². The van der Waals surface area contributed by atoms with Gasteiger partial charge in [0.05, 0.1) is 0 Å². The third-order valence-electron chi connectivity index (χ3n) is 9.81. The summed E-state index contributed by atoms with van der Waals surface area (Å²) in [6.07, 6.45) is 0. The van der Waals surface area contributed by atoms with E-state index in [1.807, 2.05) is 18.2 Å². The van der Waals surface area contributed by atoms with Gasteiger partial charge in [-0.05, 0) is 0 Å². The second kappa shape index (κ2) is 9.82. The van der Waals surface area contributed by atoms with Crippen LogP contribution in [0, 0.1) is 0 Å². The van der Waals surface area contributed by atoms with E-state index in [2.05, 4.69) is 132 Å². The molecule has 0 bridgehead atoms. The van der Waals surface area contributed by atoms with Crippen molar-refractivity contribution in [2.24, 2.45) is 0 Å². The summed E-state index contributed by atoms with van der Waals surface area (Å²) in [5.74, 6) is 2.00. The molecular weight excluding hydrogens is 651 g/mol. The van der Waals surface area contributed by atoms with Crippen LogP contribution in [-0.2, 0) is 0 Å². The molecule has 0 atom stereocenters. The van der Waals surface area contributed by atoms with Gasteiger partial charge in [-0.1, -0.05) is 6.07 Å². The summed E-state index contributed by atoms with van der Waals surface area (Å²) in [5, 5.41) is 7.58. The molecule has 1 aliphatic rings. The molecule has 1 aliphatic carbocycles. The number of hydrogen-bond acceptors (Lipinski definition) is 3. The molecule has 3 aromatic heterocycles. The Morgan fingerprint density at radius 3 is 1.94 bits per heavy atom. The van der Waals surface area contributed by atoms with Crippen LogP contribution in [0.4, 0.5) is 0 Å². The number of fused-ring (bicyclic) bond motifs is 6. The first-order valence-corrected chi connectivity index (χ1v) is 17.8. The van der Waals surface area contributed by atoms with Crippen LogP contribution in [-0.4, -0.2) is 34.0 Å². The third kappa shape index (κ3) is 3.57. The second-order valence-electron chi connectivity index (χ2n) is 12.4. The minimum absolute atomic E-state index is 0.156. The Labute approximate surface area is 281 Å². The van der Waals surface area contributed by atoms with Crippen LogP contribution >= 0.6 is 0 Å². The van der Waals surface area contributed by atoms with E-state index in [0.29, 0.717) is 17.6 Å². The second-order valence-corrected chi connectivity index (χ2v) is 14.6. The zero-order valence-electron chi connectivity index (χ0n) is 25.6. The van der Waals surface area contributed by atoms with Gasteiger partial charge in [-0.15, -0.1) is 0 Å². The van der Waals surface area contributed by atoms with Crippen molar-refractivity contribution in [1.82, 2.24) is 19.5 Å². The molecule has 0 radical (unpaired) electrons. The molecule has 7 aromatic carbocycles. The molecule has 0 unspecified atom stereocenters. The van der Waals surface area contributed by atoms with Crippen LogP contribution in [0.25, 0.3) is 103 Å². The van der Waals surface area contributed by atoms with E-state index < -0.39 is 0 Å². The average Bonchev–Trinajstić information content (AvgIpc) is 3.67. The van der Waals surface area contributed by atoms with E-state index >= 15 is 0 Å². The van der Waals surface area contributed by atoms with Gasteiger partial charge in [-0.2, -0.15) is 0 Å². The van der Waals surface area contributed by atoms with E-state index in [4.69, 9.17) is 15.0 Å². The molecule has 0 amide bonds. The van der Waals surface area contributed by atoms with Crippen molar-refractivity contribution in [3.05, 3.63) is 146 Å². The number of nitrogens with zero attached hydrogens (tertiary/aromatic N) is 4. The molecule has 48 heavy (non-hydrogen) atoms. The van der Waals surface area contributed by atoms with Gasteiger partial charge in [-0.25, -0.2) is 0 Å². The zero-order chi connectivity index (χ0) is 31.3. The summed E-state index contributed by atoms with van der Waals surface area (Å²) in [5.41, 5.74) is 9.22. The monoisotopic (exact) mass is 676 g/mol. The quantitative estimate of drug-likeness (QED) is 0.175. The summed E-state index contributed by atoms with van der Waals surface area (Å²) in [6.45, 7) is 0. The summed E-state index contributed by atoms with van der Waals surface area (Å²) in [4.78, 5) is 15.8. The Kier molecular flexibility index (Phi) is 5.36. The van der Waals surface area contributed by atoms with Crippen LogP contribution in [0.1, 0.15) is 0 Å². The summed E-state index contributed by atoms with van der Waals surface area (Å²) in [7, 11) is 0. The van der Waals surface area contributed by atoms with Gasteiger partial charge in [0.25, 0.3) is 0 Å². The fraction of sp³-hybridized carbons (Fsp3) is 0. The summed E-state index contributed by atoms with van der Waals surface area (Å²) >= 11 is 0.156. The number of benzene rings is 7.